The molecule has 1 aromatic rings. The molecular weight excluding hydrogens is 234 g/mol. The first-order chi connectivity index (χ1) is 8.38. The van der Waals surface area contributed by atoms with Gasteiger partial charge in [0.1, 0.15) is 17.2 Å². The fourth-order valence-corrected chi connectivity index (χ4v) is 2.21. The highest BCUT2D eigenvalue weighted by Crippen LogP contribution is 2.13. The van der Waals surface area contributed by atoms with Crippen molar-refractivity contribution in [2.45, 2.75) is 5.03 Å². The van der Waals surface area contributed by atoms with Crippen LogP contribution in [0.2, 0.25) is 0 Å². The summed E-state index contributed by atoms with van der Waals surface area (Å²) in [5, 5.41) is 7.70. The quantitative estimate of drug-likeness (QED) is 0.589. The number of piperazine rings is 1. The van der Waals surface area contributed by atoms with Crippen molar-refractivity contribution < 1.29 is 0 Å². The molecule has 1 saturated heterocycles. The van der Waals surface area contributed by atoms with Gasteiger partial charge in [0.15, 0.2) is 0 Å². The van der Waals surface area contributed by atoms with Crippen LogP contribution in [0.4, 0.5) is 5.82 Å². The summed E-state index contributed by atoms with van der Waals surface area (Å²) < 4.78 is 0. The number of thioether (sulfide) groups is 1. The first kappa shape index (κ1) is 12.6. The number of nitrogens with zero attached hydrogens (tertiary/aromatic N) is 3. The van der Waals surface area contributed by atoms with E-state index in [0.717, 1.165) is 50.1 Å². The van der Waals surface area contributed by atoms with E-state index in [9.17, 15) is 0 Å². The summed E-state index contributed by atoms with van der Waals surface area (Å²) in [6.45, 7) is 6.49. The molecule has 5 nitrogen and oxygen atoms in total. The van der Waals surface area contributed by atoms with Crippen LogP contribution >= 0.6 is 11.8 Å². The summed E-state index contributed by atoms with van der Waals surface area (Å²) in [5.74, 6) is 0.916. The Bertz CT molecular complexity index is 340. The second-order valence-corrected chi connectivity index (χ2v) is 4.79. The van der Waals surface area contributed by atoms with E-state index in [2.05, 4.69) is 25.5 Å². The monoisotopic (exact) mass is 253 g/mol. The van der Waals surface area contributed by atoms with Crippen molar-refractivity contribution in [1.82, 2.24) is 20.2 Å². The van der Waals surface area contributed by atoms with Crippen LogP contribution in [-0.2, 0) is 0 Å². The van der Waals surface area contributed by atoms with E-state index in [1.54, 1.807) is 18.1 Å². The van der Waals surface area contributed by atoms with Crippen LogP contribution in [0.3, 0.4) is 0 Å². The van der Waals surface area contributed by atoms with E-state index in [1.807, 2.05) is 12.3 Å². The van der Waals surface area contributed by atoms with E-state index in [4.69, 9.17) is 0 Å². The Morgan fingerprint density at radius 3 is 3.00 bits per heavy atom. The third-order valence-corrected chi connectivity index (χ3v) is 3.44. The Hall–Kier alpha value is -0.850. The van der Waals surface area contributed by atoms with Gasteiger partial charge in [-0.3, -0.25) is 4.90 Å². The molecule has 0 atom stereocenters. The predicted octanol–water partition coefficient (Wildman–Crippen LogP) is 0.516. The summed E-state index contributed by atoms with van der Waals surface area (Å²) in [4.78, 5) is 10.8. The Morgan fingerprint density at radius 1 is 1.41 bits per heavy atom. The number of nitrogens with one attached hydrogen (secondary N) is 2. The minimum Gasteiger partial charge on any atom is -0.369 e. The Kier molecular flexibility index (Phi) is 5.03. The molecule has 0 aromatic carbocycles. The van der Waals surface area contributed by atoms with Gasteiger partial charge in [0, 0.05) is 45.3 Å². The van der Waals surface area contributed by atoms with Crippen molar-refractivity contribution in [3.8, 4) is 0 Å². The third-order valence-electron chi connectivity index (χ3n) is 2.79. The molecule has 0 amide bonds. The second kappa shape index (κ2) is 6.78. The molecule has 17 heavy (non-hydrogen) atoms. The number of anilines is 1. The maximum absolute atomic E-state index is 4.20. The van der Waals surface area contributed by atoms with Gasteiger partial charge in [-0.25, -0.2) is 9.97 Å². The van der Waals surface area contributed by atoms with Crippen molar-refractivity contribution in [3.05, 3.63) is 12.4 Å². The van der Waals surface area contributed by atoms with Crippen LogP contribution in [-0.4, -0.2) is 60.4 Å². The van der Waals surface area contributed by atoms with Crippen molar-refractivity contribution in [3.63, 3.8) is 0 Å². The largest absolute Gasteiger partial charge is 0.369 e. The van der Waals surface area contributed by atoms with Crippen LogP contribution < -0.4 is 10.6 Å². The molecule has 0 radical (unpaired) electrons. The summed E-state index contributed by atoms with van der Waals surface area (Å²) in [6.07, 6.45) is 3.63. The zero-order chi connectivity index (χ0) is 11.9. The van der Waals surface area contributed by atoms with Gasteiger partial charge in [-0.1, -0.05) is 0 Å². The molecule has 0 aliphatic carbocycles. The smallest absolute Gasteiger partial charge is 0.130 e. The van der Waals surface area contributed by atoms with Gasteiger partial charge in [0.05, 0.1) is 0 Å². The maximum Gasteiger partial charge on any atom is 0.130 e. The van der Waals surface area contributed by atoms with Gasteiger partial charge in [0.25, 0.3) is 0 Å². The summed E-state index contributed by atoms with van der Waals surface area (Å²) in [5.41, 5.74) is 0. The van der Waals surface area contributed by atoms with Crippen LogP contribution in [0.5, 0.6) is 0 Å². The SMILES string of the molecule is CSc1cc(NCCN2CCNCC2)ncn1. The molecule has 0 bridgehead atoms. The lowest BCUT2D eigenvalue weighted by Crippen LogP contribution is -2.45. The summed E-state index contributed by atoms with van der Waals surface area (Å²) >= 11 is 1.63. The van der Waals surface area contributed by atoms with E-state index in [0.29, 0.717) is 0 Å². The highest BCUT2D eigenvalue weighted by molar-refractivity contribution is 7.98. The highest BCUT2D eigenvalue weighted by atomic mass is 32.2. The van der Waals surface area contributed by atoms with Crippen LogP contribution in [0, 0.1) is 0 Å². The van der Waals surface area contributed by atoms with Gasteiger partial charge < -0.3 is 10.6 Å². The molecule has 1 fully saturated rings. The fraction of sp³-hybridized carbons (Fsp3) is 0.636. The van der Waals surface area contributed by atoms with Crippen LogP contribution in [0.1, 0.15) is 0 Å². The van der Waals surface area contributed by atoms with Gasteiger partial charge in [-0.15, -0.1) is 11.8 Å². The lowest BCUT2D eigenvalue weighted by atomic mass is 10.3. The first-order valence-electron chi connectivity index (χ1n) is 5.91. The first-order valence-corrected chi connectivity index (χ1v) is 7.14. The lowest BCUT2D eigenvalue weighted by molar-refractivity contribution is 0.249. The molecule has 6 heteroatoms. The topological polar surface area (TPSA) is 53.1 Å². The van der Waals surface area contributed by atoms with E-state index in [1.165, 1.54) is 0 Å². The third kappa shape index (κ3) is 4.14. The number of hydrogen-bond acceptors (Lipinski definition) is 6. The van der Waals surface area contributed by atoms with Gasteiger partial charge in [0.2, 0.25) is 0 Å². The van der Waals surface area contributed by atoms with E-state index >= 15 is 0 Å². The van der Waals surface area contributed by atoms with Gasteiger partial charge >= 0.3 is 0 Å². The average Bonchev–Trinajstić information content (AvgIpc) is 2.40. The normalized spacial score (nSPS) is 17.0. The molecule has 1 aromatic heterocycles. The molecule has 94 valence electrons. The highest BCUT2D eigenvalue weighted by Gasteiger charge is 2.08. The Labute approximate surface area is 106 Å². The van der Waals surface area contributed by atoms with Crippen molar-refractivity contribution in [1.29, 1.82) is 0 Å². The van der Waals surface area contributed by atoms with Gasteiger partial charge in [-0.05, 0) is 6.26 Å². The molecule has 0 unspecified atom stereocenters. The second-order valence-electron chi connectivity index (χ2n) is 3.96. The van der Waals surface area contributed by atoms with Crippen LogP contribution in [0.15, 0.2) is 17.4 Å². The summed E-state index contributed by atoms with van der Waals surface area (Å²) in [6, 6.07) is 1.99. The zero-order valence-electron chi connectivity index (χ0n) is 10.1. The number of rotatable bonds is 5. The minimum atomic E-state index is 0.916. The zero-order valence-corrected chi connectivity index (χ0v) is 11.0. The molecular formula is C11H19N5S. The molecule has 2 N–H and O–H groups in total. The van der Waals surface area contributed by atoms with E-state index in [-0.39, 0.29) is 0 Å². The van der Waals surface area contributed by atoms with Gasteiger partial charge in [-0.2, -0.15) is 0 Å². The molecule has 0 spiro atoms. The lowest BCUT2D eigenvalue weighted by Gasteiger charge is -2.27. The molecule has 1 aliphatic heterocycles. The van der Waals surface area contributed by atoms with Crippen molar-refractivity contribution >= 4 is 17.6 Å². The maximum atomic E-state index is 4.20. The molecule has 1 aliphatic rings. The Morgan fingerprint density at radius 2 is 2.24 bits per heavy atom. The van der Waals surface area contributed by atoms with E-state index < -0.39 is 0 Å². The molecule has 0 saturated carbocycles. The number of hydrogen-bond donors (Lipinski definition) is 2. The van der Waals surface area contributed by atoms with Crippen LogP contribution in [0.25, 0.3) is 0 Å². The summed E-state index contributed by atoms with van der Waals surface area (Å²) in [7, 11) is 0. The average molecular weight is 253 g/mol. The Balaban J connectivity index is 1.73. The minimum absolute atomic E-state index is 0.916. The fourth-order valence-electron chi connectivity index (χ4n) is 1.82. The predicted molar refractivity (Wildman–Crippen MR) is 71.6 cm³/mol. The number of aromatic nitrogens is 2. The standard InChI is InChI=1S/C11H19N5S/c1-17-11-8-10(14-9-15-11)13-4-7-16-5-2-12-3-6-16/h8-9,12H,2-7H2,1H3,(H,13,14,15). The van der Waals surface area contributed by atoms with Crippen molar-refractivity contribution in [2.24, 2.45) is 0 Å². The van der Waals surface area contributed by atoms with Crippen molar-refractivity contribution in [2.75, 3.05) is 50.8 Å². The molecule has 2 heterocycles. The molecule has 2 rings (SSSR count).